The van der Waals surface area contributed by atoms with Crippen LogP contribution in [-0.2, 0) is 11.2 Å². The summed E-state index contributed by atoms with van der Waals surface area (Å²) >= 11 is 1.47. The molecule has 0 amide bonds. The van der Waals surface area contributed by atoms with Crippen LogP contribution < -0.4 is 0 Å². The molecule has 1 rings (SSSR count). The Morgan fingerprint density at radius 3 is 2.64 bits per heavy atom. The zero-order valence-electron chi connectivity index (χ0n) is 6.15. The van der Waals surface area contributed by atoms with E-state index in [1.165, 1.54) is 11.3 Å². The SMILES string of the molecule is CO.O=C(O)Cc1cccs1. The Balaban J connectivity index is 0.000000461. The number of aliphatic hydroxyl groups is 1. The first-order valence-electron chi connectivity index (χ1n) is 2.98. The number of thiophene rings is 1. The van der Waals surface area contributed by atoms with Crippen molar-refractivity contribution in [2.75, 3.05) is 7.11 Å². The van der Waals surface area contributed by atoms with Crippen LogP contribution in [0.4, 0.5) is 0 Å². The van der Waals surface area contributed by atoms with Gasteiger partial charge in [-0.05, 0) is 11.4 Å². The fourth-order valence-corrected chi connectivity index (χ4v) is 1.26. The highest BCUT2D eigenvalue weighted by Gasteiger charge is 1.98. The van der Waals surface area contributed by atoms with Gasteiger partial charge in [-0.2, -0.15) is 0 Å². The van der Waals surface area contributed by atoms with Gasteiger partial charge in [0.15, 0.2) is 0 Å². The topological polar surface area (TPSA) is 57.5 Å². The molecule has 0 spiro atoms. The number of carboxylic acid groups (broad SMARTS) is 1. The van der Waals surface area contributed by atoms with E-state index in [1.54, 1.807) is 0 Å². The van der Waals surface area contributed by atoms with Crippen LogP contribution in [0.3, 0.4) is 0 Å². The lowest BCUT2D eigenvalue weighted by molar-refractivity contribution is -0.136. The van der Waals surface area contributed by atoms with Gasteiger partial charge in [0.1, 0.15) is 0 Å². The standard InChI is InChI=1S/C6H6O2S.CH4O/c7-6(8)4-5-2-1-3-9-5;1-2/h1-3H,4H2,(H,7,8);2H,1H3. The Labute approximate surface area is 68.9 Å². The number of hydrogen-bond donors (Lipinski definition) is 2. The quantitative estimate of drug-likeness (QED) is 0.702. The molecule has 11 heavy (non-hydrogen) atoms. The molecule has 0 atom stereocenters. The van der Waals surface area contributed by atoms with Gasteiger partial charge in [0.25, 0.3) is 0 Å². The number of carbonyl (C=O) groups is 1. The minimum atomic E-state index is -0.766. The van der Waals surface area contributed by atoms with Crippen LogP contribution in [0.25, 0.3) is 0 Å². The summed E-state index contributed by atoms with van der Waals surface area (Å²) in [4.78, 5) is 11.0. The molecular weight excluding hydrogens is 164 g/mol. The van der Waals surface area contributed by atoms with Crippen LogP contribution in [0, 0.1) is 0 Å². The highest BCUT2D eigenvalue weighted by atomic mass is 32.1. The van der Waals surface area contributed by atoms with Crippen LogP contribution in [0.5, 0.6) is 0 Å². The Morgan fingerprint density at radius 2 is 2.27 bits per heavy atom. The van der Waals surface area contributed by atoms with Crippen molar-refractivity contribution in [1.82, 2.24) is 0 Å². The normalized spacial score (nSPS) is 8.18. The molecule has 3 nitrogen and oxygen atoms in total. The number of carboxylic acids is 1. The second-order valence-electron chi connectivity index (χ2n) is 1.65. The number of rotatable bonds is 2. The zero-order chi connectivity index (χ0) is 8.69. The molecule has 1 aromatic heterocycles. The predicted octanol–water partition coefficient (Wildman–Crippen LogP) is 0.984. The largest absolute Gasteiger partial charge is 0.481 e. The molecule has 0 aliphatic carbocycles. The van der Waals surface area contributed by atoms with Crippen molar-refractivity contribution in [1.29, 1.82) is 0 Å². The molecule has 0 unspecified atom stereocenters. The first-order valence-corrected chi connectivity index (χ1v) is 3.86. The molecule has 0 fully saturated rings. The van der Waals surface area contributed by atoms with Crippen molar-refractivity contribution >= 4 is 17.3 Å². The lowest BCUT2D eigenvalue weighted by atomic mass is 10.3. The third kappa shape index (κ3) is 4.52. The molecule has 1 heterocycles. The van der Waals surface area contributed by atoms with Crippen LogP contribution >= 0.6 is 11.3 Å². The van der Waals surface area contributed by atoms with Crippen molar-refractivity contribution < 1.29 is 15.0 Å². The van der Waals surface area contributed by atoms with Gasteiger partial charge in [-0.25, -0.2) is 0 Å². The van der Waals surface area contributed by atoms with Gasteiger partial charge in [0.05, 0.1) is 6.42 Å². The molecule has 0 aliphatic rings. The minimum absolute atomic E-state index is 0.150. The first kappa shape index (κ1) is 10.1. The summed E-state index contributed by atoms with van der Waals surface area (Å²) < 4.78 is 0. The van der Waals surface area contributed by atoms with Crippen LogP contribution in [-0.4, -0.2) is 23.3 Å². The minimum Gasteiger partial charge on any atom is -0.481 e. The lowest BCUT2D eigenvalue weighted by Gasteiger charge is -1.85. The van der Waals surface area contributed by atoms with Crippen molar-refractivity contribution in [3.05, 3.63) is 22.4 Å². The van der Waals surface area contributed by atoms with Crippen LogP contribution in [0.15, 0.2) is 17.5 Å². The Bertz CT molecular complexity index is 193. The average molecular weight is 174 g/mol. The molecule has 4 heteroatoms. The Kier molecular flexibility index (Phi) is 5.42. The zero-order valence-corrected chi connectivity index (χ0v) is 6.97. The number of aliphatic carboxylic acids is 1. The van der Waals surface area contributed by atoms with Gasteiger partial charge in [-0.1, -0.05) is 6.07 Å². The summed E-state index contributed by atoms with van der Waals surface area (Å²) in [6.07, 6.45) is 0.150. The molecular formula is C7H10O3S. The molecule has 2 N–H and O–H groups in total. The van der Waals surface area contributed by atoms with E-state index in [-0.39, 0.29) is 6.42 Å². The van der Waals surface area contributed by atoms with E-state index in [9.17, 15) is 4.79 Å². The fraction of sp³-hybridized carbons (Fsp3) is 0.286. The van der Waals surface area contributed by atoms with E-state index in [4.69, 9.17) is 10.2 Å². The van der Waals surface area contributed by atoms with Crippen molar-refractivity contribution in [2.45, 2.75) is 6.42 Å². The maximum atomic E-state index is 10.1. The van der Waals surface area contributed by atoms with E-state index < -0.39 is 5.97 Å². The molecule has 62 valence electrons. The summed E-state index contributed by atoms with van der Waals surface area (Å²) in [5, 5.41) is 17.2. The van der Waals surface area contributed by atoms with Gasteiger partial charge in [0, 0.05) is 12.0 Å². The third-order valence-corrected chi connectivity index (χ3v) is 1.78. The second kappa shape index (κ2) is 5.88. The predicted molar refractivity (Wildman–Crippen MR) is 43.8 cm³/mol. The van der Waals surface area contributed by atoms with Crippen molar-refractivity contribution in [3.63, 3.8) is 0 Å². The van der Waals surface area contributed by atoms with Crippen LogP contribution in [0.1, 0.15) is 4.88 Å². The van der Waals surface area contributed by atoms with Gasteiger partial charge >= 0.3 is 5.97 Å². The second-order valence-corrected chi connectivity index (χ2v) is 2.68. The molecule has 0 aliphatic heterocycles. The lowest BCUT2D eigenvalue weighted by Crippen LogP contribution is -1.96. The van der Waals surface area contributed by atoms with Crippen molar-refractivity contribution in [2.24, 2.45) is 0 Å². The highest BCUT2D eigenvalue weighted by Crippen LogP contribution is 2.08. The molecule has 1 aromatic rings. The third-order valence-electron chi connectivity index (χ3n) is 0.906. The first-order chi connectivity index (χ1) is 5.29. The van der Waals surface area contributed by atoms with E-state index in [0.717, 1.165) is 12.0 Å². The van der Waals surface area contributed by atoms with Gasteiger partial charge in [0.2, 0.25) is 0 Å². The smallest absolute Gasteiger partial charge is 0.308 e. The van der Waals surface area contributed by atoms with Gasteiger partial charge in [-0.15, -0.1) is 11.3 Å². The highest BCUT2D eigenvalue weighted by molar-refractivity contribution is 7.10. The Hall–Kier alpha value is -0.870. The van der Waals surface area contributed by atoms with E-state index in [0.29, 0.717) is 0 Å². The van der Waals surface area contributed by atoms with Crippen molar-refractivity contribution in [3.8, 4) is 0 Å². The molecule has 0 radical (unpaired) electrons. The maximum Gasteiger partial charge on any atom is 0.308 e. The summed E-state index contributed by atoms with van der Waals surface area (Å²) in [5.41, 5.74) is 0. The van der Waals surface area contributed by atoms with Gasteiger partial charge in [-0.3, -0.25) is 4.79 Å². The summed E-state index contributed by atoms with van der Waals surface area (Å²) in [7, 11) is 1.00. The average Bonchev–Trinajstić information content (AvgIpc) is 2.43. The van der Waals surface area contributed by atoms with E-state index >= 15 is 0 Å². The van der Waals surface area contributed by atoms with Crippen LogP contribution in [0.2, 0.25) is 0 Å². The monoisotopic (exact) mass is 174 g/mol. The molecule has 0 saturated carbocycles. The van der Waals surface area contributed by atoms with E-state index in [1.807, 2.05) is 17.5 Å². The number of hydrogen-bond acceptors (Lipinski definition) is 3. The molecule has 0 aromatic carbocycles. The summed E-state index contributed by atoms with van der Waals surface area (Å²) in [6, 6.07) is 3.67. The summed E-state index contributed by atoms with van der Waals surface area (Å²) in [6.45, 7) is 0. The fourth-order valence-electron chi connectivity index (χ4n) is 0.562. The maximum absolute atomic E-state index is 10.1. The molecule has 0 saturated heterocycles. The Morgan fingerprint density at radius 1 is 1.64 bits per heavy atom. The van der Waals surface area contributed by atoms with Gasteiger partial charge < -0.3 is 10.2 Å². The number of aliphatic hydroxyl groups excluding tert-OH is 1. The summed E-state index contributed by atoms with van der Waals surface area (Å²) in [5.74, 6) is -0.766. The molecule has 0 bridgehead atoms. The van der Waals surface area contributed by atoms with E-state index in [2.05, 4.69) is 0 Å².